The van der Waals surface area contributed by atoms with Crippen molar-refractivity contribution in [2.45, 2.75) is 50.9 Å². The second kappa shape index (κ2) is 15.4. The Labute approximate surface area is 284 Å². The molecule has 5 aromatic rings. The molecule has 0 aromatic heterocycles. The van der Waals surface area contributed by atoms with Crippen LogP contribution >= 0.6 is 0 Å². The molecule has 0 bridgehead atoms. The van der Waals surface area contributed by atoms with Gasteiger partial charge >= 0.3 is 0 Å². The van der Waals surface area contributed by atoms with E-state index in [-0.39, 0.29) is 29.1 Å². The highest BCUT2D eigenvalue weighted by Crippen LogP contribution is 2.40. The molecule has 5 rings (SSSR count). The number of aryl methyl sites for hydroxylation is 1. The zero-order valence-corrected chi connectivity index (χ0v) is 27.6. The van der Waals surface area contributed by atoms with Gasteiger partial charge in [0, 0.05) is 11.8 Å². The number of phenolic OH excluding ortho intramolecular Hbond substituents is 4. The van der Waals surface area contributed by atoms with E-state index >= 15 is 0 Å². The average molecular weight is 637 g/mol. The quantitative estimate of drug-likeness (QED) is 0.0722. The summed E-state index contributed by atoms with van der Waals surface area (Å²) in [5.74, 6) is 0.666. The smallest absolute Gasteiger partial charge is 0.119 e. The Morgan fingerprint density at radius 2 is 0.708 bits per heavy atom. The molecular formula is C44H44O4. The van der Waals surface area contributed by atoms with Gasteiger partial charge in [0.25, 0.3) is 0 Å². The summed E-state index contributed by atoms with van der Waals surface area (Å²) in [7, 11) is 0. The molecule has 4 N–H and O–H groups in total. The van der Waals surface area contributed by atoms with Gasteiger partial charge in [0.15, 0.2) is 0 Å². The van der Waals surface area contributed by atoms with Crippen molar-refractivity contribution in [1.29, 1.82) is 0 Å². The van der Waals surface area contributed by atoms with E-state index in [2.05, 4.69) is 57.0 Å². The van der Waals surface area contributed by atoms with Crippen molar-refractivity contribution < 1.29 is 20.4 Å². The molecular weight excluding hydrogens is 592 g/mol. The number of rotatable bonds is 14. The zero-order chi connectivity index (χ0) is 34.2. The number of allylic oxidation sites excluding steroid dienone is 3. The van der Waals surface area contributed by atoms with E-state index in [1.54, 1.807) is 42.5 Å². The lowest BCUT2D eigenvalue weighted by molar-refractivity contribution is 0.467. The van der Waals surface area contributed by atoms with E-state index in [1.165, 1.54) is 0 Å². The van der Waals surface area contributed by atoms with Gasteiger partial charge in [-0.05, 0) is 106 Å². The fraction of sp³-hybridized carbons (Fsp3) is 0.182. The van der Waals surface area contributed by atoms with Crippen molar-refractivity contribution in [1.82, 2.24) is 0 Å². The minimum absolute atomic E-state index is 0.154. The Balaban J connectivity index is 1.66. The van der Waals surface area contributed by atoms with Crippen molar-refractivity contribution >= 4 is 0 Å². The lowest BCUT2D eigenvalue weighted by atomic mass is 9.80. The summed E-state index contributed by atoms with van der Waals surface area (Å²) in [5, 5.41) is 42.3. The van der Waals surface area contributed by atoms with Crippen LogP contribution in [-0.4, -0.2) is 20.4 Å². The Kier molecular flexibility index (Phi) is 10.9. The summed E-state index contributed by atoms with van der Waals surface area (Å²) < 4.78 is 0. The van der Waals surface area contributed by atoms with Gasteiger partial charge in [-0.15, -0.1) is 19.7 Å². The number of phenols is 4. The van der Waals surface area contributed by atoms with Crippen molar-refractivity contribution in [3.05, 3.63) is 191 Å². The first-order valence-corrected chi connectivity index (χ1v) is 16.5. The highest BCUT2D eigenvalue weighted by atomic mass is 16.3. The van der Waals surface area contributed by atoms with Crippen LogP contribution in [0.15, 0.2) is 135 Å². The molecule has 0 fully saturated rings. The Bertz CT molecular complexity index is 1860. The molecule has 0 amide bonds. The minimum atomic E-state index is -0.177. The molecule has 0 spiro atoms. The van der Waals surface area contributed by atoms with E-state index < -0.39 is 0 Å². The third kappa shape index (κ3) is 7.39. The summed E-state index contributed by atoms with van der Waals surface area (Å²) in [4.78, 5) is 0. The molecule has 5 aromatic carbocycles. The van der Waals surface area contributed by atoms with Crippen LogP contribution in [-0.2, 0) is 25.7 Å². The maximum absolute atomic E-state index is 10.6. The van der Waals surface area contributed by atoms with Crippen LogP contribution in [0.5, 0.6) is 23.0 Å². The molecule has 48 heavy (non-hydrogen) atoms. The molecule has 4 heteroatoms. The molecule has 244 valence electrons. The highest BCUT2D eigenvalue weighted by molar-refractivity contribution is 5.53. The summed E-state index contributed by atoms with van der Waals surface area (Å²) in [6.07, 6.45) is 8.66. The molecule has 4 nitrogen and oxygen atoms in total. The molecule has 0 aliphatic carbocycles. The van der Waals surface area contributed by atoms with E-state index in [1.807, 2.05) is 42.5 Å². The van der Waals surface area contributed by atoms with Crippen LogP contribution < -0.4 is 0 Å². The predicted octanol–water partition coefficient (Wildman–Crippen LogP) is 10.0. The molecule has 0 saturated heterocycles. The monoisotopic (exact) mass is 636 g/mol. The summed E-state index contributed by atoms with van der Waals surface area (Å²) in [6.45, 7) is 13.7. The molecule has 0 heterocycles. The van der Waals surface area contributed by atoms with E-state index in [0.29, 0.717) is 25.0 Å². The van der Waals surface area contributed by atoms with Gasteiger partial charge in [0.1, 0.15) is 23.0 Å². The third-order valence-corrected chi connectivity index (χ3v) is 8.96. The van der Waals surface area contributed by atoms with Gasteiger partial charge in [0.05, 0.1) is 0 Å². The van der Waals surface area contributed by atoms with Crippen LogP contribution in [0, 0.1) is 0 Å². The van der Waals surface area contributed by atoms with Crippen molar-refractivity contribution in [3.63, 3.8) is 0 Å². The number of hydrogen-bond acceptors (Lipinski definition) is 4. The topological polar surface area (TPSA) is 80.9 Å². The fourth-order valence-corrected chi connectivity index (χ4v) is 6.60. The Morgan fingerprint density at radius 1 is 0.438 bits per heavy atom. The van der Waals surface area contributed by atoms with E-state index in [4.69, 9.17) is 0 Å². The van der Waals surface area contributed by atoms with Crippen molar-refractivity contribution in [2.75, 3.05) is 0 Å². The lowest BCUT2D eigenvalue weighted by Gasteiger charge is -2.24. The van der Waals surface area contributed by atoms with Crippen LogP contribution in [0.1, 0.15) is 80.8 Å². The Hall–Kier alpha value is -5.48. The first-order chi connectivity index (χ1) is 23.3. The lowest BCUT2D eigenvalue weighted by Crippen LogP contribution is -2.08. The van der Waals surface area contributed by atoms with Crippen molar-refractivity contribution in [2.24, 2.45) is 0 Å². The SMILES string of the molecule is C=CCc1cc(C(c2ccc(C(c3ccc(O)c(CC=C)c3)c3ccc(O)c(CCC)c3)cc2)c2ccc(O)c(CC=C)c2)ccc1O. The zero-order valence-electron chi connectivity index (χ0n) is 27.6. The predicted molar refractivity (Wildman–Crippen MR) is 196 cm³/mol. The van der Waals surface area contributed by atoms with Crippen LogP contribution in [0.25, 0.3) is 0 Å². The molecule has 1 atom stereocenters. The fourth-order valence-electron chi connectivity index (χ4n) is 6.60. The average Bonchev–Trinajstić information content (AvgIpc) is 3.08. The van der Waals surface area contributed by atoms with Gasteiger partial charge < -0.3 is 20.4 Å². The number of benzene rings is 5. The number of aromatic hydroxyl groups is 4. The molecule has 1 unspecified atom stereocenters. The minimum Gasteiger partial charge on any atom is -0.508 e. The molecule has 0 aliphatic rings. The van der Waals surface area contributed by atoms with Crippen LogP contribution in [0.2, 0.25) is 0 Å². The van der Waals surface area contributed by atoms with Gasteiger partial charge in [-0.3, -0.25) is 0 Å². The summed E-state index contributed by atoms with van der Waals surface area (Å²) in [5.41, 5.74) is 9.54. The second-order valence-electron chi connectivity index (χ2n) is 12.3. The third-order valence-electron chi connectivity index (χ3n) is 8.96. The first kappa shape index (κ1) is 33.9. The second-order valence-corrected chi connectivity index (χ2v) is 12.3. The van der Waals surface area contributed by atoms with E-state index in [9.17, 15) is 20.4 Å². The molecule has 0 aliphatic heterocycles. The van der Waals surface area contributed by atoms with Crippen molar-refractivity contribution in [3.8, 4) is 23.0 Å². The molecule has 0 radical (unpaired) electrons. The summed E-state index contributed by atoms with van der Waals surface area (Å²) in [6, 6.07) is 31.6. The van der Waals surface area contributed by atoms with Gasteiger partial charge in [-0.25, -0.2) is 0 Å². The Morgan fingerprint density at radius 3 is 1.00 bits per heavy atom. The van der Waals surface area contributed by atoms with Gasteiger partial charge in [0.2, 0.25) is 0 Å². The maximum atomic E-state index is 10.6. The maximum Gasteiger partial charge on any atom is 0.119 e. The first-order valence-electron chi connectivity index (χ1n) is 16.5. The summed E-state index contributed by atoms with van der Waals surface area (Å²) >= 11 is 0. The van der Waals surface area contributed by atoms with Crippen LogP contribution in [0.3, 0.4) is 0 Å². The van der Waals surface area contributed by atoms with Gasteiger partial charge in [-0.2, -0.15) is 0 Å². The van der Waals surface area contributed by atoms with E-state index in [0.717, 1.165) is 68.5 Å². The standard InChI is InChI=1S/C44H44O4/c1-5-9-31-25-35(17-21-39(31)45)43(36-18-22-40(46)32(26-36)10-6-2)29-13-15-30(16-14-29)44(37-19-23-41(47)33(27-37)11-7-3)38-20-24-42(48)34(28-38)12-8-4/h5-7,13-28,43-48H,1-3,8-12H2,4H3. The van der Waals surface area contributed by atoms with Gasteiger partial charge in [-0.1, -0.05) is 104 Å². The normalized spacial score (nSPS) is 11.7. The molecule has 0 saturated carbocycles. The largest absolute Gasteiger partial charge is 0.508 e. The highest BCUT2D eigenvalue weighted by Gasteiger charge is 2.23. The number of hydrogen-bond donors (Lipinski definition) is 4. The van der Waals surface area contributed by atoms with Crippen LogP contribution in [0.4, 0.5) is 0 Å².